The predicted octanol–water partition coefficient (Wildman–Crippen LogP) is 5.56. The third-order valence-electron chi connectivity index (χ3n) is 7.29. The number of hydrogen-bond donors (Lipinski definition) is 1. The molecule has 0 aliphatic rings. The normalized spacial score (nSPS) is 12.3. The summed E-state index contributed by atoms with van der Waals surface area (Å²) in [6.45, 7) is 5.61. The molecule has 0 spiro atoms. The maximum Gasteiger partial charge on any atom is 0.253 e. The predicted molar refractivity (Wildman–Crippen MR) is 154 cm³/mol. The van der Waals surface area contributed by atoms with E-state index in [1.807, 2.05) is 79.7 Å². The van der Waals surface area contributed by atoms with Gasteiger partial charge >= 0.3 is 0 Å². The van der Waals surface area contributed by atoms with Gasteiger partial charge in [0, 0.05) is 17.6 Å². The quantitative estimate of drug-likeness (QED) is 0.263. The van der Waals surface area contributed by atoms with Gasteiger partial charge in [-0.15, -0.1) is 5.10 Å². The van der Waals surface area contributed by atoms with Crippen molar-refractivity contribution in [2.75, 3.05) is 0 Å². The number of H-pyrrole nitrogens is 1. The Hall–Kier alpha value is -4.82. The number of nitrogens with zero attached hydrogens (tertiary/aromatic N) is 5. The SMILES string of the molecule is Cc1cc2cc([C@H](c3nnnn3Cc3ccccc3)N(Cc3ccccc3)Cc3ccco3)c(=O)[nH]c2cc1C. The molecule has 40 heavy (non-hydrogen) atoms. The summed E-state index contributed by atoms with van der Waals surface area (Å²) >= 11 is 0. The van der Waals surface area contributed by atoms with Crippen LogP contribution in [0.5, 0.6) is 0 Å². The highest BCUT2D eigenvalue weighted by molar-refractivity contribution is 5.81. The molecule has 200 valence electrons. The smallest absolute Gasteiger partial charge is 0.253 e. The number of pyridine rings is 1. The van der Waals surface area contributed by atoms with Gasteiger partial charge in [0.2, 0.25) is 0 Å². The fourth-order valence-corrected chi connectivity index (χ4v) is 5.13. The van der Waals surface area contributed by atoms with E-state index >= 15 is 0 Å². The van der Waals surface area contributed by atoms with E-state index in [0.29, 0.717) is 31.0 Å². The molecule has 0 bridgehead atoms. The molecule has 6 rings (SSSR count). The van der Waals surface area contributed by atoms with Crippen molar-refractivity contribution >= 4 is 10.9 Å². The van der Waals surface area contributed by atoms with Crippen LogP contribution in [0, 0.1) is 13.8 Å². The molecule has 3 aromatic heterocycles. The van der Waals surface area contributed by atoms with Crippen molar-refractivity contribution in [1.29, 1.82) is 0 Å². The van der Waals surface area contributed by atoms with E-state index in [0.717, 1.165) is 38.9 Å². The first-order chi connectivity index (χ1) is 19.5. The zero-order chi connectivity index (χ0) is 27.5. The van der Waals surface area contributed by atoms with E-state index in [-0.39, 0.29) is 5.56 Å². The van der Waals surface area contributed by atoms with Crippen LogP contribution in [0.25, 0.3) is 10.9 Å². The summed E-state index contributed by atoms with van der Waals surface area (Å²) in [6, 6.07) is 29.6. The summed E-state index contributed by atoms with van der Waals surface area (Å²) in [5.41, 5.74) is 5.66. The summed E-state index contributed by atoms with van der Waals surface area (Å²) < 4.78 is 7.56. The Morgan fingerprint density at radius 1 is 0.875 bits per heavy atom. The molecule has 3 aromatic carbocycles. The number of benzene rings is 3. The van der Waals surface area contributed by atoms with Gasteiger partial charge in [0.1, 0.15) is 11.8 Å². The molecular formula is C32H30N6O2. The third-order valence-corrected chi connectivity index (χ3v) is 7.29. The minimum Gasteiger partial charge on any atom is -0.468 e. The van der Waals surface area contributed by atoms with Gasteiger partial charge in [0.05, 0.1) is 19.4 Å². The van der Waals surface area contributed by atoms with Crippen molar-refractivity contribution in [3.05, 3.63) is 147 Å². The Morgan fingerprint density at radius 3 is 2.33 bits per heavy atom. The average molecular weight is 531 g/mol. The van der Waals surface area contributed by atoms with Crippen LogP contribution in [0.4, 0.5) is 0 Å². The van der Waals surface area contributed by atoms with Crippen LogP contribution in [0.3, 0.4) is 0 Å². The molecule has 1 atom stereocenters. The Morgan fingerprint density at radius 2 is 1.60 bits per heavy atom. The van der Waals surface area contributed by atoms with Gasteiger partial charge in [-0.05, 0) is 82.2 Å². The van der Waals surface area contributed by atoms with Crippen molar-refractivity contribution in [2.45, 2.75) is 39.5 Å². The van der Waals surface area contributed by atoms with Gasteiger partial charge in [-0.3, -0.25) is 9.69 Å². The highest BCUT2D eigenvalue weighted by atomic mass is 16.3. The van der Waals surface area contributed by atoms with E-state index in [4.69, 9.17) is 4.42 Å². The van der Waals surface area contributed by atoms with Crippen LogP contribution in [0.2, 0.25) is 0 Å². The van der Waals surface area contributed by atoms with E-state index in [9.17, 15) is 4.79 Å². The van der Waals surface area contributed by atoms with Crippen molar-refractivity contribution in [2.24, 2.45) is 0 Å². The average Bonchev–Trinajstić information content (AvgIpc) is 3.64. The second kappa shape index (κ2) is 11.1. The molecule has 0 unspecified atom stereocenters. The summed E-state index contributed by atoms with van der Waals surface area (Å²) in [7, 11) is 0. The first kappa shape index (κ1) is 25.5. The Labute approximate surface area is 231 Å². The van der Waals surface area contributed by atoms with Gasteiger partial charge in [-0.25, -0.2) is 4.68 Å². The third kappa shape index (κ3) is 5.34. The molecule has 0 amide bonds. The van der Waals surface area contributed by atoms with Crippen molar-refractivity contribution in [3.63, 3.8) is 0 Å². The molecule has 0 fully saturated rings. The van der Waals surface area contributed by atoms with Crippen LogP contribution in [0.15, 0.2) is 106 Å². The van der Waals surface area contributed by atoms with Crippen LogP contribution >= 0.6 is 0 Å². The lowest BCUT2D eigenvalue weighted by Gasteiger charge is -2.30. The Balaban J connectivity index is 1.53. The summed E-state index contributed by atoms with van der Waals surface area (Å²) in [4.78, 5) is 19.1. The topological polar surface area (TPSA) is 92.8 Å². The molecule has 3 heterocycles. The Kier molecular flexibility index (Phi) is 7.08. The zero-order valence-electron chi connectivity index (χ0n) is 22.5. The zero-order valence-corrected chi connectivity index (χ0v) is 22.5. The van der Waals surface area contributed by atoms with Crippen LogP contribution in [-0.4, -0.2) is 30.1 Å². The van der Waals surface area contributed by atoms with Gasteiger partial charge in [0.25, 0.3) is 5.56 Å². The second-order valence-electron chi connectivity index (χ2n) is 10.1. The molecule has 8 heteroatoms. The first-order valence-corrected chi connectivity index (χ1v) is 13.3. The minimum absolute atomic E-state index is 0.174. The lowest BCUT2D eigenvalue weighted by molar-refractivity contribution is 0.179. The van der Waals surface area contributed by atoms with Gasteiger partial charge < -0.3 is 9.40 Å². The van der Waals surface area contributed by atoms with Crippen LogP contribution < -0.4 is 5.56 Å². The van der Waals surface area contributed by atoms with Crippen LogP contribution in [0.1, 0.15) is 45.4 Å². The maximum atomic E-state index is 13.8. The molecule has 0 saturated heterocycles. The van der Waals surface area contributed by atoms with E-state index < -0.39 is 6.04 Å². The van der Waals surface area contributed by atoms with Crippen LogP contribution in [-0.2, 0) is 19.6 Å². The molecule has 0 aliphatic heterocycles. The van der Waals surface area contributed by atoms with E-state index in [2.05, 4.69) is 50.5 Å². The molecule has 0 aliphatic carbocycles. The fraction of sp³-hybridized carbons (Fsp3) is 0.188. The summed E-state index contributed by atoms with van der Waals surface area (Å²) in [6.07, 6.45) is 1.67. The van der Waals surface area contributed by atoms with Gasteiger partial charge in [0.15, 0.2) is 5.82 Å². The highest BCUT2D eigenvalue weighted by Gasteiger charge is 2.31. The molecule has 8 nitrogen and oxygen atoms in total. The van der Waals surface area contributed by atoms with E-state index in [1.54, 1.807) is 10.9 Å². The molecule has 6 aromatic rings. The highest BCUT2D eigenvalue weighted by Crippen LogP contribution is 2.31. The summed E-state index contributed by atoms with van der Waals surface area (Å²) in [5, 5.41) is 13.9. The number of hydrogen-bond acceptors (Lipinski definition) is 6. The number of aromatic amines is 1. The van der Waals surface area contributed by atoms with Crippen molar-refractivity contribution < 1.29 is 4.42 Å². The molecule has 0 saturated carbocycles. The number of fused-ring (bicyclic) bond motifs is 1. The number of aromatic nitrogens is 5. The molecule has 0 radical (unpaired) electrons. The lowest BCUT2D eigenvalue weighted by Crippen LogP contribution is -2.34. The Bertz CT molecular complexity index is 1780. The van der Waals surface area contributed by atoms with Gasteiger partial charge in [-0.2, -0.15) is 0 Å². The lowest BCUT2D eigenvalue weighted by atomic mass is 10.00. The fourth-order valence-electron chi connectivity index (χ4n) is 5.13. The number of aryl methyl sites for hydroxylation is 2. The summed E-state index contributed by atoms with van der Waals surface area (Å²) in [5.74, 6) is 1.37. The van der Waals surface area contributed by atoms with Crippen molar-refractivity contribution in [3.8, 4) is 0 Å². The largest absolute Gasteiger partial charge is 0.468 e. The minimum atomic E-state index is -0.557. The number of nitrogens with one attached hydrogen (secondary N) is 1. The monoisotopic (exact) mass is 530 g/mol. The molecule has 1 N–H and O–H groups in total. The number of tetrazole rings is 1. The number of rotatable bonds is 9. The standard InChI is InChI=1S/C32H30N6O2/c1-22-16-26-18-28(32(39)33-29(26)17-23(22)2)30(31-34-35-36-38(31)20-25-12-7-4-8-13-25)37(21-27-14-9-15-40-27)19-24-10-5-3-6-11-24/h3-18,30H,19-21H2,1-2H3,(H,33,39)/t30-/m1/s1. The van der Waals surface area contributed by atoms with Crippen molar-refractivity contribution in [1.82, 2.24) is 30.1 Å². The maximum absolute atomic E-state index is 13.8. The van der Waals surface area contributed by atoms with Gasteiger partial charge in [-0.1, -0.05) is 60.7 Å². The van der Waals surface area contributed by atoms with E-state index in [1.165, 1.54) is 0 Å². The second-order valence-corrected chi connectivity index (χ2v) is 10.1. The first-order valence-electron chi connectivity index (χ1n) is 13.3. The molecular weight excluding hydrogens is 500 g/mol. The number of furan rings is 1.